The van der Waals surface area contributed by atoms with Crippen molar-refractivity contribution in [1.82, 2.24) is 14.5 Å². The minimum atomic E-state index is -3.47. The van der Waals surface area contributed by atoms with E-state index in [1.807, 2.05) is 47.4 Å². The highest BCUT2D eigenvalue weighted by molar-refractivity contribution is 7.92. The molecule has 6 nitrogen and oxygen atoms in total. The Morgan fingerprint density at radius 1 is 0.833 bits per heavy atom. The summed E-state index contributed by atoms with van der Waals surface area (Å²) in [5.41, 5.74) is 2.29. The van der Waals surface area contributed by atoms with Crippen LogP contribution < -0.4 is 4.90 Å². The van der Waals surface area contributed by atoms with Crippen molar-refractivity contribution in [3.63, 3.8) is 0 Å². The van der Waals surface area contributed by atoms with Crippen LogP contribution in [0.2, 0.25) is 0 Å². The molecule has 0 aliphatic carbocycles. The summed E-state index contributed by atoms with van der Waals surface area (Å²) in [6.45, 7) is 1.82. The molecule has 0 bridgehead atoms. The largest absolute Gasteiger partial charge is 0.352 e. The lowest BCUT2D eigenvalue weighted by Gasteiger charge is -2.33. The molecule has 1 fully saturated rings. The normalized spacial score (nSPS) is 15.6. The number of anilines is 1. The van der Waals surface area contributed by atoms with Crippen LogP contribution in [0.3, 0.4) is 0 Å². The van der Waals surface area contributed by atoms with Gasteiger partial charge in [-0.2, -0.15) is 4.31 Å². The summed E-state index contributed by atoms with van der Waals surface area (Å²) in [4.78, 5) is 2.01. The van der Waals surface area contributed by atoms with Gasteiger partial charge in [-0.05, 0) is 48.0 Å². The van der Waals surface area contributed by atoms with Gasteiger partial charge in [0, 0.05) is 37.2 Å². The van der Waals surface area contributed by atoms with Gasteiger partial charge in [0.2, 0.25) is 10.0 Å². The zero-order valence-corrected chi connectivity index (χ0v) is 17.0. The zero-order valence-electron chi connectivity index (χ0n) is 16.2. The minimum absolute atomic E-state index is 0.297. The first-order valence-corrected chi connectivity index (χ1v) is 11.1. The number of hydrogen-bond donors (Lipinski definition) is 0. The van der Waals surface area contributed by atoms with Gasteiger partial charge in [-0.1, -0.05) is 30.3 Å². The Hall–Kier alpha value is -3.10. The molecule has 0 radical (unpaired) electrons. The Morgan fingerprint density at radius 2 is 1.53 bits per heavy atom. The molecular weight excluding hydrogens is 403 g/mol. The van der Waals surface area contributed by atoms with Crippen molar-refractivity contribution in [2.45, 2.75) is 0 Å². The number of hydrogen-bond acceptors (Lipinski definition) is 5. The van der Waals surface area contributed by atoms with Gasteiger partial charge in [-0.25, -0.2) is 12.8 Å². The quantitative estimate of drug-likeness (QED) is 0.628. The SMILES string of the molecule is O=S(=O)(C=Cc1ccccc1)N1CCN(c2ccc(-c3ccc(F)cc3)nn2)CC1. The van der Waals surface area contributed by atoms with Gasteiger partial charge < -0.3 is 4.90 Å². The Kier molecular flexibility index (Phi) is 5.87. The maximum atomic E-state index is 13.1. The van der Waals surface area contributed by atoms with Crippen molar-refractivity contribution in [2.75, 3.05) is 31.1 Å². The Morgan fingerprint density at radius 3 is 2.17 bits per heavy atom. The lowest BCUT2D eigenvalue weighted by molar-refractivity contribution is 0.388. The van der Waals surface area contributed by atoms with Crippen LogP contribution in [0.15, 0.2) is 72.1 Å². The minimum Gasteiger partial charge on any atom is -0.352 e. The molecule has 0 unspecified atom stereocenters. The second-order valence-electron chi connectivity index (χ2n) is 6.93. The average Bonchev–Trinajstić information content (AvgIpc) is 2.79. The van der Waals surface area contributed by atoms with Crippen LogP contribution in [0.25, 0.3) is 17.3 Å². The van der Waals surface area contributed by atoms with E-state index in [-0.39, 0.29) is 5.82 Å². The second-order valence-corrected chi connectivity index (χ2v) is 8.75. The van der Waals surface area contributed by atoms with E-state index >= 15 is 0 Å². The lowest BCUT2D eigenvalue weighted by Crippen LogP contribution is -2.48. The van der Waals surface area contributed by atoms with E-state index in [4.69, 9.17) is 0 Å². The van der Waals surface area contributed by atoms with Crippen LogP contribution in [0.5, 0.6) is 0 Å². The first-order chi connectivity index (χ1) is 14.5. The summed E-state index contributed by atoms with van der Waals surface area (Å²) in [6, 6.07) is 19.1. The predicted molar refractivity (Wildman–Crippen MR) is 116 cm³/mol. The van der Waals surface area contributed by atoms with Gasteiger partial charge in [-0.15, -0.1) is 10.2 Å². The van der Waals surface area contributed by atoms with E-state index in [0.717, 1.165) is 11.1 Å². The summed E-state index contributed by atoms with van der Waals surface area (Å²) >= 11 is 0. The molecule has 1 aliphatic rings. The fraction of sp³-hybridized carbons (Fsp3) is 0.182. The van der Waals surface area contributed by atoms with Gasteiger partial charge in [-0.3, -0.25) is 0 Å². The fourth-order valence-corrected chi connectivity index (χ4v) is 4.43. The van der Waals surface area contributed by atoms with E-state index in [1.165, 1.54) is 21.8 Å². The van der Waals surface area contributed by atoms with E-state index in [9.17, 15) is 12.8 Å². The van der Waals surface area contributed by atoms with Crippen molar-refractivity contribution in [3.8, 4) is 11.3 Å². The monoisotopic (exact) mass is 424 g/mol. The van der Waals surface area contributed by atoms with Crippen LogP contribution in [-0.4, -0.2) is 49.1 Å². The maximum absolute atomic E-state index is 13.1. The molecule has 0 saturated carbocycles. The van der Waals surface area contributed by atoms with E-state index in [2.05, 4.69) is 10.2 Å². The molecule has 0 spiro atoms. The van der Waals surface area contributed by atoms with E-state index in [0.29, 0.717) is 37.7 Å². The highest BCUT2D eigenvalue weighted by atomic mass is 32.2. The van der Waals surface area contributed by atoms with Gasteiger partial charge in [0.25, 0.3) is 0 Å². The molecule has 154 valence electrons. The number of rotatable bonds is 5. The van der Waals surface area contributed by atoms with Crippen LogP contribution >= 0.6 is 0 Å². The molecule has 1 saturated heterocycles. The summed E-state index contributed by atoms with van der Waals surface area (Å²) in [5.74, 6) is 0.396. The average molecular weight is 425 g/mol. The summed E-state index contributed by atoms with van der Waals surface area (Å²) in [5, 5.41) is 9.75. The summed E-state index contributed by atoms with van der Waals surface area (Å²) in [6.07, 6.45) is 1.61. The van der Waals surface area contributed by atoms with Crippen LogP contribution in [0.4, 0.5) is 10.2 Å². The Bertz CT molecular complexity index is 1110. The molecule has 2 aromatic carbocycles. The molecule has 8 heteroatoms. The van der Waals surface area contributed by atoms with Gasteiger partial charge >= 0.3 is 0 Å². The van der Waals surface area contributed by atoms with Gasteiger partial charge in [0.1, 0.15) is 5.82 Å². The van der Waals surface area contributed by atoms with Crippen molar-refractivity contribution < 1.29 is 12.8 Å². The van der Waals surface area contributed by atoms with Crippen molar-refractivity contribution in [3.05, 3.63) is 83.5 Å². The van der Waals surface area contributed by atoms with Crippen molar-refractivity contribution in [1.29, 1.82) is 0 Å². The number of aromatic nitrogens is 2. The lowest BCUT2D eigenvalue weighted by atomic mass is 10.1. The van der Waals surface area contributed by atoms with E-state index < -0.39 is 10.0 Å². The smallest absolute Gasteiger partial charge is 0.236 e. The molecule has 1 aliphatic heterocycles. The number of halogens is 1. The Labute approximate surface area is 175 Å². The number of piperazine rings is 1. The standard InChI is InChI=1S/C22H21FN4O2S/c23-20-8-6-19(7-9-20)21-10-11-22(25-24-21)26-13-15-27(16-14-26)30(28,29)17-12-18-4-2-1-3-5-18/h1-12,17H,13-16H2. The van der Waals surface area contributed by atoms with Crippen molar-refractivity contribution in [2.24, 2.45) is 0 Å². The topological polar surface area (TPSA) is 66.4 Å². The van der Waals surface area contributed by atoms with E-state index in [1.54, 1.807) is 18.2 Å². The molecular formula is C22H21FN4O2S. The molecule has 0 N–H and O–H groups in total. The first kappa shape index (κ1) is 20.2. The summed E-state index contributed by atoms with van der Waals surface area (Å²) in [7, 11) is -3.47. The number of sulfonamides is 1. The number of nitrogens with zero attached hydrogens (tertiary/aromatic N) is 4. The van der Waals surface area contributed by atoms with Crippen molar-refractivity contribution >= 4 is 21.9 Å². The predicted octanol–water partition coefficient (Wildman–Crippen LogP) is 3.41. The fourth-order valence-electron chi connectivity index (χ4n) is 3.25. The molecule has 0 amide bonds. The second kappa shape index (κ2) is 8.73. The molecule has 4 rings (SSSR count). The maximum Gasteiger partial charge on any atom is 0.236 e. The highest BCUT2D eigenvalue weighted by Crippen LogP contribution is 2.20. The zero-order chi connectivity index (χ0) is 21.0. The third kappa shape index (κ3) is 4.72. The first-order valence-electron chi connectivity index (χ1n) is 9.59. The molecule has 2 heterocycles. The molecule has 30 heavy (non-hydrogen) atoms. The third-order valence-electron chi connectivity index (χ3n) is 4.95. The molecule has 3 aromatic rings. The molecule has 0 atom stereocenters. The third-order valence-corrected chi connectivity index (χ3v) is 6.51. The Balaban J connectivity index is 1.38. The van der Waals surface area contributed by atoms with Gasteiger partial charge in [0.15, 0.2) is 5.82 Å². The van der Waals surface area contributed by atoms with Gasteiger partial charge in [0.05, 0.1) is 5.69 Å². The molecule has 1 aromatic heterocycles. The van der Waals surface area contributed by atoms with Crippen LogP contribution in [0, 0.1) is 5.82 Å². The van der Waals surface area contributed by atoms with Crippen LogP contribution in [-0.2, 0) is 10.0 Å². The highest BCUT2D eigenvalue weighted by Gasteiger charge is 2.25. The van der Waals surface area contributed by atoms with Crippen LogP contribution in [0.1, 0.15) is 5.56 Å². The number of benzene rings is 2. The summed E-state index contributed by atoms with van der Waals surface area (Å²) < 4.78 is 39.7.